The standard InChI is InChI=1S/C8H7F2NO3S/c9-5-3-6(10)8(11(13)14)7(4-5)15-2-1-12/h3-4,12H,1-2H2. The average molecular weight is 235 g/mol. The number of aliphatic hydroxyl groups excluding tert-OH is 1. The van der Waals surface area contributed by atoms with E-state index in [1.165, 1.54) is 0 Å². The van der Waals surface area contributed by atoms with Crippen LogP contribution in [0.25, 0.3) is 0 Å². The third-order valence-electron chi connectivity index (χ3n) is 1.52. The zero-order valence-corrected chi connectivity index (χ0v) is 8.26. The second kappa shape index (κ2) is 5.04. The fourth-order valence-electron chi connectivity index (χ4n) is 0.985. The topological polar surface area (TPSA) is 63.4 Å². The van der Waals surface area contributed by atoms with Gasteiger partial charge < -0.3 is 5.11 Å². The van der Waals surface area contributed by atoms with Gasteiger partial charge in [-0.05, 0) is 6.07 Å². The van der Waals surface area contributed by atoms with Crippen LogP contribution in [0.2, 0.25) is 0 Å². The van der Waals surface area contributed by atoms with Crippen LogP contribution in [0.3, 0.4) is 0 Å². The fraction of sp³-hybridized carbons (Fsp3) is 0.250. The van der Waals surface area contributed by atoms with Crippen LogP contribution in [0.5, 0.6) is 0 Å². The van der Waals surface area contributed by atoms with Gasteiger partial charge in [-0.3, -0.25) is 10.1 Å². The van der Waals surface area contributed by atoms with Crippen molar-refractivity contribution >= 4 is 17.4 Å². The van der Waals surface area contributed by atoms with Crippen molar-refractivity contribution in [3.63, 3.8) is 0 Å². The molecule has 0 saturated heterocycles. The lowest BCUT2D eigenvalue weighted by molar-refractivity contribution is -0.390. The Bertz CT molecular complexity index is 386. The van der Waals surface area contributed by atoms with Crippen LogP contribution >= 0.6 is 11.8 Å². The molecule has 0 aliphatic rings. The predicted octanol–water partition coefficient (Wildman–Crippen LogP) is 1.96. The molecule has 0 atom stereocenters. The Morgan fingerprint density at radius 2 is 2.13 bits per heavy atom. The van der Waals surface area contributed by atoms with E-state index in [-0.39, 0.29) is 17.3 Å². The Labute approximate surface area is 88.1 Å². The van der Waals surface area contributed by atoms with E-state index in [1.54, 1.807) is 0 Å². The van der Waals surface area contributed by atoms with Crippen molar-refractivity contribution in [1.82, 2.24) is 0 Å². The number of nitro groups is 1. The Morgan fingerprint density at radius 1 is 1.47 bits per heavy atom. The van der Waals surface area contributed by atoms with E-state index in [0.717, 1.165) is 17.8 Å². The SMILES string of the molecule is O=[N+]([O-])c1c(F)cc(F)cc1SCCO. The molecular formula is C8H7F2NO3S. The van der Waals surface area contributed by atoms with Gasteiger partial charge in [-0.15, -0.1) is 11.8 Å². The lowest BCUT2D eigenvalue weighted by Crippen LogP contribution is -1.97. The van der Waals surface area contributed by atoms with Gasteiger partial charge in [0.25, 0.3) is 0 Å². The molecule has 0 fully saturated rings. The molecule has 1 aromatic rings. The molecular weight excluding hydrogens is 228 g/mol. The molecule has 1 rings (SSSR count). The molecule has 0 amide bonds. The van der Waals surface area contributed by atoms with Crippen LogP contribution in [0, 0.1) is 21.7 Å². The Balaban J connectivity index is 3.14. The number of rotatable bonds is 4. The third-order valence-corrected chi connectivity index (χ3v) is 2.53. The van der Waals surface area contributed by atoms with Crippen molar-refractivity contribution < 1.29 is 18.8 Å². The van der Waals surface area contributed by atoms with Crippen molar-refractivity contribution in [3.05, 3.63) is 33.9 Å². The number of nitrogens with zero attached hydrogens (tertiary/aromatic N) is 1. The fourth-order valence-corrected chi connectivity index (χ4v) is 1.80. The minimum Gasteiger partial charge on any atom is -0.396 e. The van der Waals surface area contributed by atoms with E-state index in [4.69, 9.17) is 5.11 Å². The van der Waals surface area contributed by atoms with Crippen LogP contribution in [0.15, 0.2) is 17.0 Å². The first kappa shape index (κ1) is 11.9. The Kier molecular flexibility index (Phi) is 3.98. The van der Waals surface area contributed by atoms with Crippen LogP contribution in [-0.2, 0) is 0 Å². The number of aliphatic hydroxyl groups is 1. The van der Waals surface area contributed by atoms with Crippen LogP contribution in [-0.4, -0.2) is 22.4 Å². The summed E-state index contributed by atoms with van der Waals surface area (Å²) in [4.78, 5) is 9.46. The van der Waals surface area contributed by atoms with E-state index in [9.17, 15) is 18.9 Å². The molecule has 0 spiro atoms. The van der Waals surface area contributed by atoms with Crippen molar-refractivity contribution in [2.24, 2.45) is 0 Å². The predicted molar refractivity (Wildman–Crippen MR) is 50.8 cm³/mol. The average Bonchev–Trinajstić information content (AvgIpc) is 2.12. The summed E-state index contributed by atoms with van der Waals surface area (Å²) >= 11 is 0.832. The molecule has 82 valence electrons. The highest BCUT2D eigenvalue weighted by molar-refractivity contribution is 7.99. The first-order valence-electron chi connectivity index (χ1n) is 3.93. The lowest BCUT2D eigenvalue weighted by Gasteiger charge is -2.02. The Morgan fingerprint density at radius 3 is 2.67 bits per heavy atom. The zero-order chi connectivity index (χ0) is 11.4. The van der Waals surface area contributed by atoms with Gasteiger partial charge in [-0.1, -0.05) is 0 Å². The van der Waals surface area contributed by atoms with Crippen molar-refractivity contribution in [2.45, 2.75) is 4.90 Å². The van der Waals surface area contributed by atoms with Gasteiger partial charge in [-0.25, -0.2) is 4.39 Å². The molecule has 7 heteroatoms. The minimum atomic E-state index is -1.21. The maximum Gasteiger partial charge on any atom is 0.318 e. The molecule has 0 saturated carbocycles. The molecule has 1 N–H and O–H groups in total. The molecule has 4 nitrogen and oxygen atoms in total. The number of thioether (sulfide) groups is 1. The number of hydrogen-bond acceptors (Lipinski definition) is 4. The smallest absolute Gasteiger partial charge is 0.318 e. The lowest BCUT2D eigenvalue weighted by atomic mass is 10.3. The van der Waals surface area contributed by atoms with E-state index in [0.29, 0.717) is 6.07 Å². The summed E-state index contributed by atoms with van der Waals surface area (Å²) in [7, 11) is 0. The molecule has 0 radical (unpaired) electrons. The van der Waals surface area contributed by atoms with Gasteiger partial charge in [0, 0.05) is 11.8 Å². The normalized spacial score (nSPS) is 10.3. The monoisotopic (exact) mass is 235 g/mol. The molecule has 0 aromatic heterocycles. The molecule has 0 aliphatic heterocycles. The highest BCUT2D eigenvalue weighted by Gasteiger charge is 2.21. The van der Waals surface area contributed by atoms with Gasteiger partial charge in [-0.2, -0.15) is 4.39 Å². The summed E-state index contributed by atoms with van der Waals surface area (Å²) in [6.07, 6.45) is 0. The van der Waals surface area contributed by atoms with Gasteiger partial charge >= 0.3 is 5.69 Å². The molecule has 15 heavy (non-hydrogen) atoms. The Hall–Kier alpha value is -1.21. The van der Waals surface area contributed by atoms with Crippen molar-refractivity contribution in [1.29, 1.82) is 0 Å². The number of halogens is 2. The molecule has 1 aromatic carbocycles. The summed E-state index contributed by atoms with van der Waals surface area (Å²) < 4.78 is 25.8. The van der Waals surface area contributed by atoms with E-state index in [1.807, 2.05) is 0 Å². The third kappa shape index (κ3) is 2.87. The van der Waals surface area contributed by atoms with Gasteiger partial charge in [0.05, 0.1) is 16.4 Å². The number of hydrogen-bond donors (Lipinski definition) is 1. The molecule has 0 unspecified atom stereocenters. The second-order valence-electron chi connectivity index (χ2n) is 2.56. The molecule has 0 aliphatic carbocycles. The minimum absolute atomic E-state index is 0.119. The van der Waals surface area contributed by atoms with Crippen LogP contribution in [0.4, 0.5) is 14.5 Å². The first-order chi connectivity index (χ1) is 7.06. The summed E-state index contributed by atoms with van der Waals surface area (Å²) in [6, 6.07) is 1.34. The van der Waals surface area contributed by atoms with Crippen molar-refractivity contribution in [2.75, 3.05) is 12.4 Å². The van der Waals surface area contributed by atoms with E-state index >= 15 is 0 Å². The highest BCUT2D eigenvalue weighted by atomic mass is 32.2. The number of nitro benzene ring substituents is 1. The second-order valence-corrected chi connectivity index (χ2v) is 3.70. The summed E-state index contributed by atoms with van der Waals surface area (Å²) in [5.41, 5.74) is -0.755. The maximum absolute atomic E-state index is 13.0. The summed E-state index contributed by atoms with van der Waals surface area (Å²) in [5, 5.41) is 19.0. The summed E-state index contributed by atoms with van der Waals surface area (Å²) in [6.45, 7) is -0.222. The van der Waals surface area contributed by atoms with E-state index in [2.05, 4.69) is 0 Å². The van der Waals surface area contributed by atoms with Crippen LogP contribution in [0.1, 0.15) is 0 Å². The van der Waals surface area contributed by atoms with Gasteiger partial charge in [0.2, 0.25) is 5.82 Å². The maximum atomic E-state index is 13.0. The van der Waals surface area contributed by atoms with Gasteiger partial charge in [0.1, 0.15) is 5.82 Å². The number of benzene rings is 1. The van der Waals surface area contributed by atoms with Gasteiger partial charge in [0.15, 0.2) is 0 Å². The molecule has 0 heterocycles. The zero-order valence-electron chi connectivity index (χ0n) is 7.44. The molecule has 0 bridgehead atoms. The highest BCUT2D eigenvalue weighted by Crippen LogP contribution is 2.32. The first-order valence-corrected chi connectivity index (χ1v) is 4.92. The van der Waals surface area contributed by atoms with Crippen LogP contribution < -0.4 is 0 Å². The summed E-state index contributed by atoms with van der Waals surface area (Å²) in [5.74, 6) is -1.94. The van der Waals surface area contributed by atoms with E-state index < -0.39 is 22.2 Å². The van der Waals surface area contributed by atoms with Crippen molar-refractivity contribution in [3.8, 4) is 0 Å². The largest absolute Gasteiger partial charge is 0.396 e. The quantitative estimate of drug-likeness (QED) is 0.492.